The smallest absolute Gasteiger partial charge is 0.254 e. The van der Waals surface area contributed by atoms with Gasteiger partial charge in [-0.1, -0.05) is 24.3 Å². The first-order valence-electron chi connectivity index (χ1n) is 7.72. The quantitative estimate of drug-likeness (QED) is 0.581. The Labute approximate surface area is 148 Å². The van der Waals surface area contributed by atoms with E-state index in [-0.39, 0.29) is 18.2 Å². The third-order valence-corrected chi connectivity index (χ3v) is 4.89. The molecule has 2 aromatic carbocycles. The van der Waals surface area contributed by atoms with E-state index in [1.165, 1.54) is 11.3 Å². The average Bonchev–Trinajstić information content (AvgIpc) is 3.20. The minimum Gasteiger partial charge on any atom is -0.496 e. The molecule has 0 radical (unpaired) electrons. The molecule has 25 heavy (non-hydrogen) atoms. The summed E-state index contributed by atoms with van der Waals surface area (Å²) in [4.78, 5) is 27.6. The fourth-order valence-electron chi connectivity index (χ4n) is 2.92. The number of nitrogens with one attached hydrogen (secondary N) is 1. The SMILES string of the molecule is COc1ccc(-c2csc(C=C3CC(=O)NC3=O)n2)c2ccccc12. The van der Waals surface area contributed by atoms with Crippen LogP contribution in [0.15, 0.2) is 47.4 Å². The number of benzene rings is 2. The van der Waals surface area contributed by atoms with Crippen LogP contribution in [0.4, 0.5) is 0 Å². The second-order valence-electron chi connectivity index (χ2n) is 5.66. The van der Waals surface area contributed by atoms with Crippen LogP contribution >= 0.6 is 11.3 Å². The number of carbonyl (C=O) groups excluding carboxylic acids is 2. The van der Waals surface area contributed by atoms with Gasteiger partial charge in [-0.2, -0.15) is 0 Å². The molecule has 0 saturated carbocycles. The van der Waals surface area contributed by atoms with Crippen molar-refractivity contribution in [2.45, 2.75) is 6.42 Å². The van der Waals surface area contributed by atoms with Crippen LogP contribution in [0.1, 0.15) is 11.4 Å². The van der Waals surface area contributed by atoms with Crippen LogP contribution in [0.25, 0.3) is 28.1 Å². The van der Waals surface area contributed by atoms with Gasteiger partial charge in [0, 0.05) is 21.9 Å². The Balaban J connectivity index is 1.76. The molecule has 1 fully saturated rings. The molecule has 3 aromatic rings. The molecule has 6 heteroatoms. The van der Waals surface area contributed by atoms with Crippen molar-refractivity contribution in [3.63, 3.8) is 0 Å². The molecule has 4 rings (SSSR count). The largest absolute Gasteiger partial charge is 0.496 e. The molecule has 1 N–H and O–H groups in total. The molecule has 0 aliphatic carbocycles. The number of carbonyl (C=O) groups is 2. The number of imide groups is 1. The molecule has 1 aliphatic heterocycles. The fourth-order valence-corrected chi connectivity index (χ4v) is 3.69. The summed E-state index contributed by atoms with van der Waals surface area (Å²) in [5.41, 5.74) is 2.29. The van der Waals surface area contributed by atoms with Crippen LogP contribution in [0, 0.1) is 0 Å². The third kappa shape index (κ3) is 2.81. The topological polar surface area (TPSA) is 68.3 Å². The van der Waals surface area contributed by atoms with E-state index in [4.69, 9.17) is 4.74 Å². The molecule has 0 spiro atoms. The standard InChI is InChI=1S/C19H14N2O3S/c1-24-16-7-6-13(12-4-2-3-5-14(12)16)15-10-25-18(20-15)9-11-8-17(22)21-19(11)23/h2-7,9-10H,8H2,1H3,(H,21,22,23). The molecule has 1 aromatic heterocycles. The molecular weight excluding hydrogens is 336 g/mol. The Morgan fingerprint density at radius 1 is 1.16 bits per heavy atom. The highest BCUT2D eigenvalue weighted by Gasteiger charge is 2.24. The van der Waals surface area contributed by atoms with Gasteiger partial charge in [-0.25, -0.2) is 4.98 Å². The summed E-state index contributed by atoms with van der Waals surface area (Å²) in [6.07, 6.45) is 1.79. The van der Waals surface area contributed by atoms with Crippen LogP contribution in [0.5, 0.6) is 5.75 Å². The van der Waals surface area contributed by atoms with Crippen LogP contribution in [-0.4, -0.2) is 23.9 Å². The van der Waals surface area contributed by atoms with Gasteiger partial charge >= 0.3 is 0 Å². The first-order valence-corrected chi connectivity index (χ1v) is 8.60. The lowest BCUT2D eigenvalue weighted by molar-refractivity contribution is -0.124. The number of thiazole rings is 1. The zero-order valence-corrected chi connectivity index (χ0v) is 14.2. The number of ether oxygens (including phenoxy) is 1. The molecular formula is C19H14N2O3S. The zero-order valence-electron chi connectivity index (χ0n) is 13.4. The molecule has 2 heterocycles. The van der Waals surface area contributed by atoms with Gasteiger partial charge in [0.2, 0.25) is 5.91 Å². The normalized spacial score (nSPS) is 15.8. The molecule has 5 nitrogen and oxygen atoms in total. The van der Waals surface area contributed by atoms with Crippen LogP contribution < -0.4 is 10.1 Å². The number of nitrogens with zero attached hydrogens (tertiary/aromatic N) is 1. The van der Waals surface area contributed by atoms with Crippen molar-refractivity contribution in [3.8, 4) is 17.0 Å². The van der Waals surface area contributed by atoms with Crippen LogP contribution in [0.3, 0.4) is 0 Å². The van der Waals surface area contributed by atoms with E-state index in [1.807, 2.05) is 41.8 Å². The minimum absolute atomic E-state index is 0.110. The average molecular weight is 350 g/mol. The summed E-state index contributed by atoms with van der Waals surface area (Å²) in [6, 6.07) is 11.9. The van der Waals surface area contributed by atoms with Gasteiger partial charge in [-0.15, -0.1) is 11.3 Å². The number of amides is 2. The van der Waals surface area contributed by atoms with Gasteiger partial charge in [-0.05, 0) is 23.6 Å². The molecule has 0 unspecified atom stereocenters. The van der Waals surface area contributed by atoms with E-state index >= 15 is 0 Å². The van der Waals surface area contributed by atoms with Gasteiger partial charge in [0.15, 0.2) is 0 Å². The molecule has 1 saturated heterocycles. The first kappa shape index (κ1) is 15.5. The van der Waals surface area contributed by atoms with Crippen LogP contribution in [-0.2, 0) is 9.59 Å². The van der Waals surface area contributed by atoms with Gasteiger partial charge in [0.1, 0.15) is 10.8 Å². The van der Waals surface area contributed by atoms with Crippen molar-refractivity contribution in [2.75, 3.05) is 7.11 Å². The highest BCUT2D eigenvalue weighted by atomic mass is 32.1. The van der Waals surface area contributed by atoms with Crippen molar-refractivity contribution in [1.82, 2.24) is 10.3 Å². The lowest BCUT2D eigenvalue weighted by Crippen LogP contribution is -2.19. The van der Waals surface area contributed by atoms with E-state index in [9.17, 15) is 9.59 Å². The predicted octanol–water partition coefficient (Wildman–Crippen LogP) is 3.40. The van der Waals surface area contributed by atoms with Crippen molar-refractivity contribution in [2.24, 2.45) is 0 Å². The summed E-state index contributed by atoms with van der Waals surface area (Å²) in [7, 11) is 1.66. The van der Waals surface area contributed by atoms with Gasteiger partial charge in [0.05, 0.1) is 19.2 Å². The predicted molar refractivity (Wildman–Crippen MR) is 97.4 cm³/mol. The Hall–Kier alpha value is -2.99. The minimum atomic E-state index is -0.336. The summed E-state index contributed by atoms with van der Waals surface area (Å²) in [5.74, 6) is 0.212. The van der Waals surface area contributed by atoms with Gasteiger partial charge in [0.25, 0.3) is 5.91 Å². The summed E-state index contributed by atoms with van der Waals surface area (Å²) < 4.78 is 5.43. The Morgan fingerprint density at radius 3 is 2.68 bits per heavy atom. The van der Waals surface area contributed by atoms with Crippen molar-refractivity contribution in [3.05, 3.63) is 52.4 Å². The summed E-state index contributed by atoms with van der Waals surface area (Å²) >= 11 is 1.44. The van der Waals surface area contributed by atoms with Crippen molar-refractivity contribution < 1.29 is 14.3 Å². The molecule has 0 atom stereocenters. The summed E-state index contributed by atoms with van der Waals surface area (Å²) in [5, 5.41) is 7.02. The second kappa shape index (κ2) is 6.14. The van der Waals surface area contributed by atoms with Crippen LogP contribution in [0.2, 0.25) is 0 Å². The van der Waals surface area contributed by atoms with E-state index < -0.39 is 0 Å². The number of hydrogen-bond acceptors (Lipinski definition) is 5. The number of fused-ring (bicyclic) bond motifs is 1. The van der Waals surface area contributed by atoms with E-state index in [0.29, 0.717) is 10.6 Å². The van der Waals surface area contributed by atoms with Crippen molar-refractivity contribution in [1.29, 1.82) is 0 Å². The van der Waals surface area contributed by atoms with E-state index in [2.05, 4.69) is 10.3 Å². The highest BCUT2D eigenvalue weighted by Crippen LogP contribution is 2.35. The molecule has 0 bridgehead atoms. The number of hydrogen-bond donors (Lipinski definition) is 1. The number of rotatable bonds is 3. The molecule has 2 amide bonds. The maximum absolute atomic E-state index is 11.7. The lowest BCUT2D eigenvalue weighted by Gasteiger charge is -2.08. The van der Waals surface area contributed by atoms with E-state index in [1.54, 1.807) is 13.2 Å². The lowest BCUT2D eigenvalue weighted by atomic mass is 10.0. The Bertz CT molecular complexity index is 1040. The van der Waals surface area contributed by atoms with Crippen molar-refractivity contribution >= 4 is 40.0 Å². The van der Waals surface area contributed by atoms with Gasteiger partial charge < -0.3 is 4.74 Å². The number of aromatic nitrogens is 1. The van der Waals surface area contributed by atoms with E-state index in [0.717, 1.165) is 27.8 Å². The van der Waals surface area contributed by atoms with Gasteiger partial charge in [-0.3, -0.25) is 14.9 Å². The zero-order chi connectivity index (χ0) is 17.4. The first-order chi connectivity index (χ1) is 12.2. The highest BCUT2D eigenvalue weighted by molar-refractivity contribution is 7.10. The Kier molecular flexibility index (Phi) is 3.82. The Morgan fingerprint density at radius 2 is 1.96 bits per heavy atom. The summed E-state index contributed by atoms with van der Waals surface area (Å²) in [6.45, 7) is 0. The maximum Gasteiger partial charge on any atom is 0.254 e. The third-order valence-electron chi connectivity index (χ3n) is 4.10. The second-order valence-corrected chi connectivity index (χ2v) is 6.55. The molecule has 124 valence electrons. The molecule has 1 aliphatic rings. The fraction of sp³-hybridized carbons (Fsp3) is 0.105. The maximum atomic E-state index is 11.7. The monoisotopic (exact) mass is 350 g/mol. The number of methoxy groups -OCH3 is 1.